The molecule has 0 aliphatic heterocycles. The summed E-state index contributed by atoms with van der Waals surface area (Å²) in [6, 6.07) is 9.73. The molecule has 1 saturated carbocycles. The number of nitrogens with one attached hydrogen (secondary N) is 1. The molecule has 0 unspecified atom stereocenters. The SMILES string of the molecule is Cc1ccc(NC(=O)c2c(C)cc(C)n(C3CC3)c2=O)cc1. The number of hydrogen-bond acceptors (Lipinski definition) is 2. The number of anilines is 1. The molecule has 3 rings (SSSR count). The predicted octanol–water partition coefficient (Wildman–Crippen LogP) is 3.36. The second-order valence-electron chi connectivity index (χ2n) is 6.07. The summed E-state index contributed by atoms with van der Waals surface area (Å²) in [6.07, 6.45) is 2.03. The molecule has 4 nitrogen and oxygen atoms in total. The summed E-state index contributed by atoms with van der Waals surface area (Å²) in [5.74, 6) is -0.333. The Kier molecular flexibility index (Phi) is 3.61. The second kappa shape index (κ2) is 5.44. The van der Waals surface area contributed by atoms with Gasteiger partial charge in [0.05, 0.1) is 0 Å². The molecule has 1 fully saturated rings. The first kappa shape index (κ1) is 14.6. The molecule has 1 aliphatic carbocycles. The molecule has 0 bridgehead atoms. The normalized spacial score (nSPS) is 14.0. The highest BCUT2D eigenvalue weighted by atomic mass is 16.2. The van der Waals surface area contributed by atoms with Crippen molar-refractivity contribution in [1.29, 1.82) is 0 Å². The van der Waals surface area contributed by atoms with Gasteiger partial charge in [0.2, 0.25) is 0 Å². The van der Waals surface area contributed by atoms with Crippen LogP contribution in [0.25, 0.3) is 0 Å². The van der Waals surface area contributed by atoms with Gasteiger partial charge in [0, 0.05) is 17.4 Å². The Balaban J connectivity index is 1.97. The lowest BCUT2D eigenvalue weighted by Crippen LogP contribution is -2.31. The van der Waals surface area contributed by atoms with Crippen molar-refractivity contribution in [3.05, 3.63) is 63.1 Å². The highest BCUT2D eigenvalue weighted by Gasteiger charge is 2.28. The van der Waals surface area contributed by atoms with Gasteiger partial charge in [-0.2, -0.15) is 0 Å². The van der Waals surface area contributed by atoms with Crippen LogP contribution in [0, 0.1) is 20.8 Å². The van der Waals surface area contributed by atoms with E-state index < -0.39 is 0 Å². The molecule has 114 valence electrons. The number of pyridine rings is 1. The van der Waals surface area contributed by atoms with Crippen LogP contribution < -0.4 is 10.9 Å². The quantitative estimate of drug-likeness (QED) is 0.944. The molecule has 4 heteroatoms. The predicted molar refractivity (Wildman–Crippen MR) is 87.6 cm³/mol. The molecular weight excluding hydrogens is 276 g/mol. The fourth-order valence-corrected chi connectivity index (χ4v) is 2.80. The van der Waals surface area contributed by atoms with Gasteiger partial charge < -0.3 is 9.88 Å². The van der Waals surface area contributed by atoms with Crippen LogP contribution in [0.1, 0.15) is 46.1 Å². The van der Waals surface area contributed by atoms with Gasteiger partial charge in [0.15, 0.2) is 0 Å². The number of rotatable bonds is 3. The van der Waals surface area contributed by atoms with Crippen LogP contribution in [0.5, 0.6) is 0 Å². The summed E-state index contributed by atoms with van der Waals surface area (Å²) in [5.41, 5.74) is 3.55. The van der Waals surface area contributed by atoms with Gasteiger partial charge in [-0.25, -0.2) is 0 Å². The van der Waals surface area contributed by atoms with Crippen LogP contribution in [-0.2, 0) is 0 Å². The number of aromatic nitrogens is 1. The van der Waals surface area contributed by atoms with Crippen LogP contribution in [-0.4, -0.2) is 10.5 Å². The number of nitrogens with zero attached hydrogens (tertiary/aromatic N) is 1. The zero-order valence-corrected chi connectivity index (χ0v) is 13.1. The monoisotopic (exact) mass is 296 g/mol. The topological polar surface area (TPSA) is 51.1 Å². The first-order chi connectivity index (χ1) is 10.5. The molecule has 1 heterocycles. The summed E-state index contributed by atoms with van der Waals surface area (Å²) in [7, 11) is 0. The van der Waals surface area contributed by atoms with Crippen molar-refractivity contribution >= 4 is 11.6 Å². The van der Waals surface area contributed by atoms with E-state index >= 15 is 0 Å². The second-order valence-corrected chi connectivity index (χ2v) is 6.07. The van der Waals surface area contributed by atoms with E-state index in [4.69, 9.17) is 0 Å². The van der Waals surface area contributed by atoms with Crippen LogP contribution in [0.15, 0.2) is 35.1 Å². The van der Waals surface area contributed by atoms with E-state index in [1.165, 1.54) is 0 Å². The van der Waals surface area contributed by atoms with Crippen LogP contribution in [0.3, 0.4) is 0 Å². The van der Waals surface area contributed by atoms with Gasteiger partial charge in [-0.3, -0.25) is 9.59 Å². The van der Waals surface area contributed by atoms with E-state index in [-0.39, 0.29) is 23.1 Å². The molecule has 1 amide bonds. The fraction of sp³-hybridized carbons (Fsp3) is 0.333. The largest absolute Gasteiger partial charge is 0.322 e. The van der Waals surface area contributed by atoms with E-state index in [0.29, 0.717) is 5.69 Å². The number of hydrogen-bond donors (Lipinski definition) is 1. The maximum atomic E-state index is 12.7. The van der Waals surface area contributed by atoms with Gasteiger partial charge in [-0.05, 0) is 57.4 Å². The van der Waals surface area contributed by atoms with Gasteiger partial charge >= 0.3 is 0 Å². The van der Waals surface area contributed by atoms with Crippen molar-refractivity contribution in [2.75, 3.05) is 5.32 Å². The molecule has 0 atom stereocenters. The van der Waals surface area contributed by atoms with Crippen LogP contribution >= 0.6 is 0 Å². The highest BCUT2D eigenvalue weighted by molar-refractivity contribution is 6.05. The molecule has 22 heavy (non-hydrogen) atoms. The molecule has 1 aromatic heterocycles. The third kappa shape index (κ3) is 2.69. The Morgan fingerprint density at radius 3 is 2.36 bits per heavy atom. The van der Waals surface area contributed by atoms with E-state index in [0.717, 1.165) is 29.7 Å². The minimum absolute atomic E-state index is 0.176. The van der Waals surface area contributed by atoms with Crippen molar-refractivity contribution in [2.24, 2.45) is 0 Å². The van der Waals surface area contributed by atoms with Gasteiger partial charge in [0.25, 0.3) is 11.5 Å². The maximum absolute atomic E-state index is 12.7. The first-order valence-electron chi connectivity index (χ1n) is 7.58. The summed E-state index contributed by atoms with van der Waals surface area (Å²) < 4.78 is 1.76. The summed E-state index contributed by atoms with van der Waals surface area (Å²) in [6.45, 7) is 5.73. The van der Waals surface area contributed by atoms with Crippen LogP contribution in [0.4, 0.5) is 5.69 Å². The molecule has 1 aliphatic rings. The van der Waals surface area contributed by atoms with Gasteiger partial charge in [-0.15, -0.1) is 0 Å². The lowest BCUT2D eigenvalue weighted by Gasteiger charge is -2.14. The number of amides is 1. The summed E-state index contributed by atoms with van der Waals surface area (Å²) in [5, 5.41) is 2.82. The zero-order valence-electron chi connectivity index (χ0n) is 13.1. The molecular formula is C18H20N2O2. The van der Waals surface area contributed by atoms with Crippen molar-refractivity contribution in [1.82, 2.24) is 4.57 Å². The van der Waals surface area contributed by atoms with Gasteiger partial charge in [0.1, 0.15) is 5.56 Å². The van der Waals surface area contributed by atoms with Crippen molar-refractivity contribution in [2.45, 2.75) is 39.7 Å². The van der Waals surface area contributed by atoms with E-state index in [2.05, 4.69) is 5.32 Å². The lowest BCUT2D eigenvalue weighted by molar-refractivity contribution is 0.102. The molecule has 0 radical (unpaired) electrons. The smallest absolute Gasteiger partial charge is 0.264 e. The molecule has 0 saturated heterocycles. The molecule has 0 spiro atoms. The highest BCUT2D eigenvalue weighted by Crippen LogP contribution is 2.34. The molecule has 1 aromatic carbocycles. The van der Waals surface area contributed by atoms with Crippen molar-refractivity contribution in [3.8, 4) is 0 Å². The van der Waals surface area contributed by atoms with E-state index in [1.807, 2.05) is 51.1 Å². The number of benzene rings is 1. The van der Waals surface area contributed by atoms with Crippen molar-refractivity contribution < 1.29 is 4.79 Å². The van der Waals surface area contributed by atoms with Crippen molar-refractivity contribution in [3.63, 3.8) is 0 Å². The summed E-state index contributed by atoms with van der Waals surface area (Å²) >= 11 is 0. The zero-order chi connectivity index (χ0) is 15.9. The maximum Gasteiger partial charge on any atom is 0.264 e. The third-order valence-corrected chi connectivity index (χ3v) is 4.08. The lowest BCUT2D eigenvalue weighted by atomic mass is 10.1. The third-order valence-electron chi connectivity index (χ3n) is 4.08. The van der Waals surface area contributed by atoms with E-state index in [9.17, 15) is 9.59 Å². The molecule has 1 N–H and O–H groups in total. The first-order valence-corrected chi connectivity index (χ1v) is 7.58. The fourth-order valence-electron chi connectivity index (χ4n) is 2.80. The Hall–Kier alpha value is -2.36. The molecule has 2 aromatic rings. The number of carbonyl (C=O) groups excluding carboxylic acids is 1. The Bertz CT molecular complexity index is 784. The number of aryl methyl sites for hydroxylation is 3. The standard InChI is InChI=1S/C18H20N2O2/c1-11-4-6-14(7-5-11)19-17(21)16-12(2)10-13(3)20(18(16)22)15-8-9-15/h4-7,10,15H,8-9H2,1-3H3,(H,19,21). The Morgan fingerprint density at radius 1 is 1.14 bits per heavy atom. The Labute approximate surface area is 129 Å². The van der Waals surface area contributed by atoms with Crippen LogP contribution in [0.2, 0.25) is 0 Å². The minimum atomic E-state index is -0.333. The minimum Gasteiger partial charge on any atom is -0.322 e. The number of carbonyl (C=O) groups is 1. The summed E-state index contributed by atoms with van der Waals surface area (Å²) in [4.78, 5) is 25.2. The average Bonchev–Trinajstić information content (AvgIpc) is 3.25. The average molecular weight is 296 g/mol. The Morgan fingerprint density at radius 2 is 1.77 bits per heavy atom. The van der Waals surface area contributed by atoms with E-state index in [1.54, 1.807) is 4.57 Å². The van der Waals surface area contributed by atoms with Gasteiger partial charge in [-0.1, -0.05) is 17.7 Å².